The summed E-state index contributed by atoms with van der Waals surface area (Å²) in [4.78, 5) is -0.0990. The van der Waals surface area contributed by atoms with E-state index in [1.807, 2.05) is 0 Å². The lowest BCUT2D eigenvalue weighted by Crippen LogP contribution is -2.15. The summed E-state index contributed by atoms with van der Waals surface area (Å²) in [5.41, 5.74) is 5.27. The number of hydrogen-bond acceptors (Lipinski definition) is 3. The highest BCUT2D eigenvalue weighted by molar-refractivity contribution is 7.80. The fourth-order valence-electron chi connectivity index (χ4n) is 1.67. The largest absolute Gasteiger partial charge is 0.467 e. The zero-order valence-electron chi connectivity index (χ0n) is 10.2. The molecule has 0 saturated heterocycles. The number of anilines is 1. The molecule has 0 bridgehead atoms. The molecule has 7 heteroatoms. The van der Waals surface area contributed by atoms with Crippen LogP contribution in [0.3, 0.4) is 0 Å². The van der Waals surface area contributed by atoms with Gasteiger partial charge in [0.05, 0.1) is 18.4 Å². The van der Waals surface area contributed by atoms with Crippen molar-refractivity contribution in [3.63, 3.8) is 0 Å². The van der Waals surface area contributed by atoms with E-state index in [0.29, 0.717) is 18.0 Å². The Morgan fingerprint density at radius 1 is 1.30 bits per heavy atom. The van der Waals surface area contributed by atoms with Crippen molar-refractivity contribution >= 4 is 22.9 Å². The predicted molar refractivity (Wildman–Crippen MR) is 73.4 cm³/mol. The molecule has 0 amide bonds. The third-order valence-electron chi connectivity index (χ3n) is 2.65. The first-order chi connectivity index (χ1) is 9.38. The molecule has 106 valence electrons. The van der Waals surface area contributed by atoms with Crippen LogP contribution in [0.5, 0.6) is 0 Å². The van der Waals surface area contributed by atoms with E-state index >= 15 is 0 Å². The summed E-state index contributed by atoms with van der Waals surface area (Å²) in [6.45, 7) is 0.327. The van der Waals surface area contributed by atoms with Crippen molar-refractivity contribution in [3.05, 3.63) is 53.5 Å². The molecule has 0 radical (unpaired) electrons. The quantitative estimate of drug-likeness (QED) is 0.848. The van der Waals surface area contributed by atoms with Gasteiger partial charge in [-0.25, -0.2) is 0 Å². The first kappa shape index (κ1) is 14.4. The molecule has 0 fully saturated rings. The van der Waals surface area contributed by atoms with Gasteiger partial charge >= 0.3 is 6.18 Å². The Morgan fingerprint density at radius 3 is 2.60 bits per heavy atom. The minimum Gasteiger partial charge on any atom is -0.467 e. The Labute approximate surface area is 118 Å². The topological polar surface area (TPSA) is 51.2 Å². The van der Waals surface area contributed by atoms with Gasteiger partial charge in [0.2, 0.25) is 0 Å². The van der Waals surface area contributed by atoms with Crippen LogP contribution in [0.2, 0.25) is 0 Å². The standard InChI is InChI=1S/C13H11F3N2OS/c14-13(15,16)8-3-4-11(10(6-8)12(17)20)18-7-9-2-1-5-19-9/h1-6,18H,7H2,(H2,17,20). The lowest BCUT2D eigenvalue weighted by Gasteiger charge is -2.13. The zero-order valence-corrected chi connectivity index (χ0v) is 11.0. The van der Waals surface area contributed by atoms with Gasteiger partial charge < -0.3 is 15.5 Å². The maximum atomic E-state index is 12.7. The molecular weight excluding hydrogens is 289 g/mol. The predicted octanol–water partition coefficient (Wildman–Crippen LogP) is 3.54. The van der Waals surface area contributed by atoms with Gasteiger partial charge in [-0.15, -0.1) is 0 Å². The lowest BCUT2D eigenvalue weighted by atomic mass is 10.1. The number of alkyl halides is 3. The number of nitrogens with one attached hydrogen (secondary N) is 1. The molecule has 3 N–H and O–H groups in total. The molecule has 1 heterocycles. The fourth-order valence-corrected chi connectivity index (χ4v) is 1.84. The average molecular weight is 300 g/mol. The Bertz CT molecular complexity index is 609. The molecule has 0 saturated carbocycles. The second kappa shape index (κ2) is 5.54. The number of nitrogens with two attached hydrogens (primary N) is 1. The highest BCUT2D eigenvalue weighted by atomic mass is 32.1. The fraction of sp³-hybridized carbons (Fsp3) is 0.154. The number of rotatable bonds is 4. The third kappa shape index (κ3) is 3.30. The zero-order chi connectivity index (χ0) is 14.8. The van der Waals surface area contributed by atoms with Crippen molar-refractivity contribution < 1.29 is 17.6 Å². The molecule has 2 aromatic rings. The van der Waals surface area contributed by atoms with Crippen molar-refractivity contribution in [2.24, 2.45) is 5.73 Å². The molecule has 1 aromatic carbocycles. The maximum Gasteiger partial charge on any atom is 0.416 e. The van der Waals surface area contributed by atoms with Gasteiger partial charge in [0.25, 0.3) is 0 Å². The first-order valence-electron chi connectivity index (χ1n) is 5.65. The van der Waals surface area contributed by atoms with Gasteiger partial charge in [-0.3, -0.25) is 0 Å². The van der Waals surface area contributed by atoms with Gasteiger partial charge in [0.1, 0.15) is 10.7 Å². The summed E-state index contributed by atoms with van der Waals surface area (Å²) in [6.07, 6.45) is -2.92. The molecule has 0 unspecified atom stereocenters. The van der Waals surface area contributed by atoms with Crippen LogP contribution in [0, 0.1) is 0 Å². The van der Waals surface area contributed by atoms with Crippen LogP contribution in [0.25, 0.3) is 0 Å². The molecule has 1 aromatic heterocycles. The van der Waals surface area contributed by atoms with Crippen LogP contribution in [-0.2, 0) is 12.7 Å². The van der Waals surface area contributed by atoms with E-state index in [4.69, 9.17) is 22.4 Å². The molecular formula is C13H11F3N2OS. The van der Waals surface area contributed by atoms with Crippen LogP contribution in [0.15, 0.2) is 41.0 Å². The third-order valence-corrected chi connectivity index (χ3v) is 2.87. The van der Waals surface area contributed by atoms with Crippen LogP contribution < -0.4 is 11.1 Å². The number of furan rings is 1. The van der Waals surface area contributed by atoms with Gasteiger partial charge in [0, 0.05) is 11.3 Å². The number of thiocarbonyl (C=S) groups is 1. The summed E-state index contributed by atoms with van der Waals surface area (Å²) >= 11 is 4.79. The number of halogens is 3. The molecule has 20 heavy (non-hydrogen) atoms. The summed E-state index contributed by atoms with van der Waals surface area (Å²) in [5, 5.41) is 2.95. The summed E-state index contributed by atoms with van der Waals surface area (Å²) < 4.78 is 43.1. The Kier molecular flexibility index (Phi) is 3.99. The second-order valence-electron chi connectivity index (χ2n) is 4.06. The Balaban J connectivity index is 2.26. The van der Waals surface area contributed by atoms with E-state index in [0.717, 1.165) is 12.1 Å². The van der Waals surface area contributed by atoms with Crippen LogP contribution in [0.1, 0.15) is 16.9 Å². The summed E-state index contributed by atoms with van der Waals surface area (Å²) in [5.74, 6) is 0.652. The number of benzene rings is 1. The van der Waals surface area contributed by atoms with Crippen molar-refractivity contribution in [2.75, 3.05) is 5.32 Å². The molecule has 0 aliphatic carbocycles. The van der Waals surface area contributed by atoms with Crippen molar-refractivity contribution in [3.8, 4) is 0 Å². The molecule has 3 nitrogen and oxygen atoms in total. The summed E-state index contributed by atoms with van der Waals surface area (Å²) in [7, 11) is 0. The normalized spacial score (nSPS) is 11.3. The monoisotopic (exact) mass is 300 g/mol. The molecule has 2 rings (SSSR count). The highest BCUT2D eigenvalue weighted by Crippen LogP contribution is 2.32. The van der Waals surface area contributed by atoms with Crippen LogP contribution in [-0.4, -0.2) is 4.99 Å². The lowest BCUT2D eigenvalue weighted by molar-refractivity contribution is -0.137. The SMILES string of the molecule is NC(=S)c1cc(C(F)(F)F)ccc1NCc1ccco1. The van der Waals surface area contributed by atoms with E-state index in [9.17, 15) is 13.2 Å². The minimum absolute atomic E-state index is 0.0990. The van der Waals surface area contributed by atoms with E-state index < -0.39 is 11.7 Å². The Morgan fingerprint density at radius 2 is 2.05 bits per heavy atom. The summed E-state index contributed by atoms with van der Waals surface area (Å²) in [6, 6.07) is 6.69. The second-order valence-corrected chi connectivity index (χ2v) is 4.50. The highest BCUT2D eigenvalue weighted by Gasteiger charge is 2.31. The van der Waals surface area contributed by atoms with Gasteiger partial charge in [-0.1, -0.05) is 12.2 Å². The minimum atomic E-state index is -4.43. The van der Waals surface area contributed by atoms with Gasteiger partial charge in [0.15, 0.2) is 0 Å². The van der Waals surface area contributed by atoms with E-state index in [1.54, 1.807) is 12.1 Å². The van der Waals surface area contributed by atoms with Gasteiger partial charge in [-0.2, -0.15) is 13.2 Å². The molecule has 0 aliphatic heterocycles. The van der Waals surface area contributed by atoms with E-state index in [2.05, 4.69) is 5.32 Å². The molecule has 0 atom stereocenters. The molecule has 0 aliphatic rings. The van der Waals surface area contributed by atoms with E-state index in [-0.39, 0.29) is 10.6 Å². The van der Waals surface area contributed by atoms with Gasteiger partial charge in [-0.05, 0) is 30.3 Å². The van der Waals surface area contributed by atoms with Crippen molar-refractivity contribution in [1.29, 1.82) is 0 Å². The maximum absolute atomic E-state index is 12.7. The average Bonchev–Trinajstić information content (AvgIpc) is 2.88. The molecule has 0 spiro atoms. The first-order valence-corrected chi connectivity index (χ1v) is 6.06. The van der Waals surface area contributed by atoms with Crippen LogP contribution >= 0.6 is 12.2 Å². The Hall–Kier alpha value is -2.02. The number of hydrogen-bond donors (Lipinski definition) is 2. The van der Waals surface area contributed by atoms with E-state index in [1.165, 1.54) is 12.3 Å². The van der Waals surface area contributed by atoms with Crippen LogP contribution in [0.4, 0.5) is 18.9 Å². The smallest absolute Gasteiger partial charge is 0.416 e. The van der Waals surface area contributed by atoms with Crippen molar-refractivity contribution in [1.82, 2.24) is 0 Å². The van der Waals surface area contributed by atoms with Crippen molar-refractivity contribution in [2.45, 2.75) is 12.7 Å².